The zero-order valence-electron chi connectivity index (χ0n) is 9.42. The van der Waals surface area contributed by atoms with Crippen molar-refractivity contribution in [2.24, 2.45) is 5.73 Å². The lowest BCUT2D eigenvalue weighted by molar-refractivity contribution is -0.307. The van der Waals surface area contributed by atoms with Crippen LogP contribution in [-0.2, 0) is 21.4 Å². The van der Waals surface area contributed by atoms with Crippen molar-refractivity contribution in [2.45, 2.75) is 17.4 Å². The molecule has 0 aliphatic heterocycles. The van der Waals surface area contributed by atoms with Crippen molar-refractivity contribution < 1.29 is 26.9 Å². The second kappa shape index (κ2) is 5.32. The minimum atomic E-state index is -4.95. The van der Waals surface area contributed by atoms with Gasteiger partial charge in [0.25, 0.3) is 0 Å². The summed E-state index contributed by atoms with van der Waals surface area (Å²) in [5.41, 5.74) is 5.50. The molecule has 0 spiro atoms. The van der Waals surface area contributed by atoms with Gasteiger partial charge in [0.15, 0.2) is 0 Å². The summed E-state index contributed by atoms with van der Waals surface area (Å²) in [6, 6.07) is 2.31. The first kappa shape index (κ1) is 14.4. The van der Waals surface area contributed by atoms with E-state index in [2.05, 4.69) is 0 Å². The van der Waals surface area contributed by atoms with Gasteiger partial charge in [0, 0.05) is 6.04 Å². The van der Waals surface area contributed by atoms with Gasteiger partial charge in [0.2, 0.25) is 0 Å². The third kappa shape index (κ3) is 3.41. The van der Waals surface area contributed by atoms with Crippen LogP contribution in [0.2, 0.25) is 0 Å². The number of ether oxygens (including phenoxy) is 1. The molecule has 0 heterocycles. The molecular weight excluding hydrogens is 265 g/mol. The molecule has 18 heavy (non-hydrogen) atoms. The Morgan fingerprint density at radius 2 is 2.17 bits per heavy atom. The highest BCUT2D eigenvalue weighted by atomic mass is 32.3. The van der Waals surface area contributed by atoms with Crippen LogP contribution in [0.4, 0.5) is 3.89 Å². The molecule has 0 radical (unpaired) electrons. The first-order chi connectivity index (χ1) is 8.25. The lowest BCUT2D eigenvalue weighted by Crippen LogP contribution is -2.43. The summed E-state index contributed by atoms with van der Waals surface area (Å²) in [6.07, 6.45) is -0.172. The normalized spacial score (nSPS) is 13.1. The monoisotopic (exact) mass is 276 g/mol. The Labute approximate surface area is 103 Å². The van der Waals surface area contributed by atoms with Crippen molar-refractivity contribution in [2.75, 3.05) is 7.11 Å². The van der Waals surface area contributed by atoms with E-state index in [1.165, 1.54) is 19.2 Å². The van der Waals surface area contributed by atoms with Gasteiger partial charge in [-0.3, -0.25) is 0 Å². The summed E-state index contributed by atoms with van der Waals surface area (Å²) in [7, 11) is -3.76. The summed E-state index contributed by atoms with van der Waals surface area (Å²) >= 11 is 0. The lowest BCUT2D eigenvalue weighted by atomic mass is 10.1. The van der Waals surface area contributed by atoms with Crippen molar-refractivity contribution in [3.05, 3.63) is 23.8 Å². The standard InChI is InChI=1S/C10H12FNO5S/c1-17-8-3-2-6(4-7(12)10(13)14)5-9(8)18(11,15)16/h2-3,5,7H,4,12H2,1H3,(H,13,14)/p-1/t7-/m0/s1. The average Bonchev–Trinajstić information content (AvgIpc) is 2.27. The molecule has 0 aliphatic carbocycles. The number of hydrogen-bond acceptors (Lipinski definition) is 6. The molecule has 0 bridgehead atoms. The molecular formula is C10H11FNO5S-. The van der Waals surface area contributed by atoms with Crippen LogP contribution >= 0.6 is 0 Å². The van der Waals surface area contributed by atoms with E-state index in [0.717, 1.165) is 6.07 Å². The number of carboxylic acid groups (broad SMARTS) is 1. The number of hydrogen-bond donors (Lipinski definition) is 1. The Morgan fingerprint density at radius 1 is 1.56 bits per heavy atom. The zero-order valence-corrected chi connectivity index (χ0v) is 10.2. The maximum Gasteiger partial charge on any atom is 0.335 e. The molecule has 2 N–H and O–H groups in total. The number of aliphatic carboxylic acids is 1. The quantitative estimate of drug-likeness (QED) is 0.689. The lowest BCUT2D eigenvalue weighted by Gasteiger charge is -2.13. The Bertz CT molecular complexity index is 557. The van der Waals surface area contributed by atoms with Crippen molar-refractivity contribution >= 4 is 16.2 Å². The molecule has 0 fully saturated rings. The van der Waals surface area contributed by atoms with Crippen LogP contribution in [0.1, 0.15) is 5.56 Å². The number of carboxylic acids is 1. The molecule has 1 rings (SSSR count). The van der Waals surface area contributed by atoms with Crippen LogP contribution in [0.15, 0.2) is 23.1 Å². The first-order valence-corrected chi connectivity index (χ1v) is 6.22. The van der Waals surface area contributed by atoms with Gasteiger partial charge in [-0.25, -0.2) is 0 Å². The minimum Gasteiger partial charge on any atom is -0.548 e. The fourth-order valence-electron chi connectivity index (χ4n) is 1.38. The van der Waals surface area contributed by atoms with Gasteiger partial charge in [-0.2, -0.15) is 8.42 Å². The largest absolute Gasteiger partial charge is 0.548 e. The predicted octanol–water partition coefficient (Wildman–Crippen LogP) is -1.03. The molecule has 0 unspecified atom stereocenters. The number of carbonyl (C=O) groups is 1. The maximum atomic E-state index is 13.0. The van der Waals surface area contributed by atoms with Gasteiger partial charge in [-0.05, 0) is 24.1 Å². The van der Waals surface area contributed by atoms with Crippen LogP contribution in [0.25, 0.3) is 0 Å². The van der Waals surface area contributed by atoms with Gasteiger partial charge in [0.1, 0.15) is 10.6 Å². The highest BCUT2D eigenvalue weighted by molar-refractivity contribution is 7.86. The first-order valence-electron chi connectivity index (χ1n) is 4.83. The molecule has 1 aromatic carbocycles. The van der Waals surface area contributed by atoms with E-state index in [-0.39, 0.29) is 17.7 Å². The summed E-state index contributed by atoms with van der Waals surface area (Å²) in [5.74, 6) is -1.64. The molecule has 1 aromatic rings. The van der Waals surface area contributed by atoms with Gasteiger partial charge < -0.3 is 20.4 Å². The zero-order chi connectivity index (χ0) is 13.9. The smallest absolute Gasteiger partial charge is 0.335 e. The van der Waals surface area contributed by atoms with Gasteiger partial charge in [-0.15, -0.1) is 3.89 Å². The molecule has 0 saturated heterocycles. The Kier molecular flexibility index (Phi) is 4.25. The number of halogens is 1. The Hall–Kier alpha value is -1.67. The summed E-state index contributed by atoms with van der Waals surface area (Å²) < 4.78 is 39.4. The predicted molar refractivity (Wildman–Crippen MR) is 58.0 cm³/mol. The summed E-state index contributed by atoms with van der Waals surface area (Å²) in [6.45, 7) is 0. The molecule has 0 saturated carbocycles. The SMILES string of the molecule is COc1ccc(C[C@H](N)C(=O)[O-])cc1S(=O)(=O)F. The molecule has 0 amide bonds. The van der Waals surface area contributed by atoms with Crippen LogP contribution in [-0.4, -0.2) is 27.5 Å². The highest BCUT2D eigenvalue weighted by Crippen LogP contribution is 2.26. The van der Waals surface area contributed by atoms with Crippen molar-refractivity contribution in [3.8, 4) is 5.75 Å². The van der Waals surface area contributed by atoms with Gasteiger partial charge in [-0.1, -0.05) is 6.07 Å². The van der Waals surface area contributed by atoms with E-state index < -0.39 is 27.1 Å². The molecule has 0 aliphatic rings. The number of nitrogens with two attached hydrogens (primary N) is 1. The number of rotatable bonds is 5. The number of benzene rings is 1. The summed E-state index contributed by atoms with van der Waals surface area (Å²) in [4.78, 5) is 9.80. The minimum absolute atomic E-state index is 0.164. The van der Waals surface area contributed by atoms with Crippen LogP contribution < -0.4 is 15.6 Å². The van der Waals surface area contributed by atoms with E-state index in [1.807, 2.05) is 0 Å². The van der Waals surface area contributed by atoms with Gasteiger partial charge in [0.05, 0.1) is 13.1 Å². The molecule has 8 heteroatoms. The van der Waals surface area contributed by atoms with Crippen LogP contribution in [0, 0.1) is 0 Å². The van der Waals surface area contributed by atoms with Crippen LogP contribution in [0.3, 0.4) is 0 Å². The molecule has 0 aromatic heterocycles. The Balaban J connectivity index is 3.15. The van der Waals surface area contributed by atoms with Crippen molar-refractivity contribution in [3.63, 3.8) is 0 Å². The summed E-state index contributed by atoms with van der Waals surface area (Å²) in [5, 5.41) is 10.5. The molecule has 100 valence electrons. The average molecular weight is 276 g/mol. The number of methoxy groups -OCH3 is 1. The third-order valence-electron chi connectivity index (χ3n) is 2.25. The second-order valence-electron chi connectivity index (χ2n) is 3.55. The molecule has 1 atom stereocenters. The Morgan fingerprint density at radius 3 is 2.61 bits per heavy atom. The second-order valence-corrected chi connectivity index (χ2v) is 4.87. The van der Waals surface area contributed by atoms with E-state index >= 15 is 0 Å². The van der Waals surface area contributed by atoms with E-state index in [9.17, 15) is 22.2 Å². The number of carbonyl (C=O) groups excluding carboxylic acids is 1. The highest BCUT2D eigenvalue weighted by Gasteiger charge is 2.19. The van der Waals surface area contributed by atoms with E-state index in [0.29, 0.717) is 0 Å². The maximum absolute atomic E-state index is 13.0. The van der Waals surface area contributed by atoms with E-state index in [1.54, 1.807) is 0 Å². The third-order valence-corrected chi connectivity index (χ3v) is 3.09. The van der Waals surface area contributed by atoms with Gasteiger partial charge >= 0.3 is 10.2 Å². The topological polar surface area (TPSA) is 110 Å². The van der Waals surface area contributed by atoms with Crippen molar-refractivity contribution in [1.82, 2.24) is 0 Å². The van der Waals surface area contributed by atoms with Crippen molar-refractivity contribution in [1.29, 1.82) is 0 Å². The fourth-order valence-corrected chi connectivity index (χ4v) is 2.06. The fraction of sp³-hybridized carbons (Fsp3) is 0.300. The van der Waals surface area contributed by atoms with E-state index in [4.69, 9.17) is 10.5 Å². The van der Waals surface area contributed by atoms with Crippen LogP contribution in [0.5, 0.6) is 5.75 Å². The molecule has 6 nitrogen and oxygen atoms in total.